The van der Waals surface area contributed by atoms with Gasteiger partial charge in [0, 0.05) is 48.4 Å². The molecule has 2 atom stereocenters. The van der Waals surface area contributed by atoms with Gasteiger partial charge in [0.25, 0.3) is 5.91 Å². The predicted octanol–water partition coefficient (Wildman–Crippen LogP) is 3.48. The van der Waals surface area contributed by atoms with Crippen LogP contribution in [0.25, 0.3) is 11.1 Å². The van der Waals surface area contributed by atoms with E-state index in [4.69, 9.17) is 5.73 Å². The highest BCUT2D eigenvalue weighted by Crippen LogP contribution is 2.30. The zero-order chi connectivity index (χ0) is 26.2. The van der Waals surface area contributed by atoms with Crippen molar-refractivity contribution in [3.8, 4) is 11.1 Å². The number of nitrogens with one attached hydrogen (secondary N) is 1. The van der Waals surface area contributed by atoms with Crippen LogP contribution in [0.1, 0.15) is 39.7 Å². The molecule has 0 aliphatic rings. The molecule has 0 saturated carbocycles. The molecule has 0 fully saturated rings. The van der Waals surface area contributed by atoms with Crippen molar-refractivity contribution in [1.29, 1.82) is 0 Å². The standard InChI is InChI=1S/C27H27N5O4S/c28-24(33)9-8-23(27(35)36)31-25(34)21-7-6-18(15-22(21)19-4-2-1-3-5-19)14-20(26-30-11-13-37-26)16-32-12-10-29-17-32/h1-7,10-13,15,17,20,23H,8-9,14,16H2,(H2,28,33)(H,31,34)(H,35,36). The highest BCUT2D eigenvalue weighted by molar-refractivity contribution is 7.09. The molecular weight excluding hydrogens is 490 g/mol. The SMILES string of the molecule is NC(=O)CCC(NC(=O)c1ccc(CC(Cn2ccnc2)c2nccs2)cc1-c1ccccc1)C(=O)O. The quantitative estimate of drug-likeness (QED) is 0.263. The van der Waals surface area contributed by atoms with Crippen molar-refractivity contribution in [1.82, 2.24) is 19.9 Å². The molecule has 0 bridgehead atoms. The third kappa shape index (κ3) is 6.89. The van der Waals surface area contributed by atoms with Gasteiger partial charge in [-0.25, -0.2) is 14.8 Å². The van der Waals surface area contributed by atoms with E-state index in [1.54, 1.807) is 36.1 Å². The first kappa shape index (κ1) is 25.8. The van der Waals surface area contributed by atoms with Crippen molar-refractivity contribution in [3.63, 3.8) is 0 Å². The van der Waals surface area contributed by atoms with E-state index in [0.29, 0.717) is 24.1 Å². The average molecular weight is 518 g/mol. The molecule has 2 aromatic carbocycles. The highest BCUT2D eigenvalue weighted by atomic mass is 32.1. The first-order chi connectivity index (χ1) is 17.9. The molecule has 190 valence electrons. The van der Waals surface area contributed by atoms with Crippen LogP contribution < -0.4 is 11.1 Å². The van der Waals surface area contributed by atoms with E-state index in [0.717, 1.165) is 16.1 Å². The van der Waals surface area contributed by atoms with Crippen molar-refractivity contribution in [2.45, 2.75) is 37.8 Å². The predicted molar refractivity (Wildman–Crippen MR) is 140 cm³/mol. The lowest BCUT2D eigenvalue weighted by atomic mass is 9.92. The van der Waals surface area contributed by atoms with Crippen LogP contribution in [0.3, 0.4) is 0 Å². The monoisotopic (exact) mass is 517 g/mol. The molecule has 2 aromatic heterocycles. The number of amides is 2. The summed E-state index contributed by atoms with van der Waals surface area (Å²) >= 11 is 1.60. The Morgan fingerprint density at radius 3 is 2.57 bits per heavy atom. The molecule has 4 rings (SSSR count). The topological polar surface area (TPSA) is 140 Å². The number of carboxylic acid groups (broad SMARTS) is 1. The van der Waals surface area contributed by atoms with Crippen LogP contribution >= 0.6 is 11.3 Å². The van der Waals surface area contributed by atoms with Crippen LogP contribution in [0.5, 0.6) is 0 Å². The molecule has 2 heterocycles. The number of carbonyl (C=O) groups excluding carboxylic acids is 2. The Morgan fingerprint density at radius 1 is 1.11 bits per heavy atom. The molecule has 0 saturated heterocycles. The van der Waals surface area contributed by atoms with Crippen LogP contribution in [0, 0.1) is 0 Å². The summed E-state index contributed by atoms with van der Waals surface area (Å²) in [6.45, 7) is 0.705. The number of carbonyl (C=O) groups is 3. The fourth-order valence-electron chi connectivity index (χ4n) is 4.15. The molecule has 0 aliphatic heterocycles. The van der Waals surface area contributed by atoms with E-state index < -0.39 is 23.8 Å². The molecule has 4 aromatic rings. The second-order valence-corrected chi connectivity index (χ2v) is 9.57. The number of carboxylic acids is 1. The van der Waals surface area contributed by atoms with Crippen LogP contribution in [0.2, 0.25) is 0 Å². The maximum atomic E-state index is 13.2. The molecule has 0 radical (unpaired) electrons. The fourth-order valence-corrected chi connectivity index (χ4v) is 4.89. The zero-order valence-electron chi connectivity index (χ0n) is 20.0. The Kier molecular flexibility index (Phi) is 8.42. The van der Waals surface area contributed by atoms with Gasteiger partial charge >= 0.3 is 5.97 Å². The lowest BCUT2D eigenvalue weighted by Crippen LogP contribution is -2.41. The molecule has 9 nitrogen and oxygen atoms in total. The second kappa shape index (κ2) is 12.1. The van der Waals surface area contributed by atoms with Gasteiger partial charge in [-0.1, -0.05) is 42.5 Å². The first-order valence-electron chi connectivity index (χ1n) is 11.8. The van der Waals surface area contributed by atoms with Crippen molar-refractivity contribution in [3.05, 3.63) is 95.0 Å². The number of hydrogen-bond donors (Lipinski definition) is 3. The lowest BCUT2D eigenvalue weighted by Gasteiger charge is -2.19. The molecule has 10 heteroatoms. The number of thiazole rings is 1. The summed E-state index contributed by atoms with van der Waals surface area (Å²) in [5.41, 5.74) is 8.05. The fraction of sp³-hybridized carbons (Fsp3) is 0.222. The number of aromatic nitrogens is 3. The average Bonchev–Trinajstić information content (AvgIpc) is 3.61. The van der Waals surface area contributed by atoms with E-state index >= 15 is 0 Å². The summed E-state index contributed by atoms with van der Waals surface area (Å²) in [5.74, 6) is -2.28. The number of primary amides is 1. The minimum atomic E-state index is -1.23. The normalized spacial score (nSPS) is 12.5. The largest absolute Gasteiger partial charge is 0.480 e. The van der Waals surface area contributed by atoms with Crippen LogP contribution in [0.4, 0.5) is 0 Å². The first-order valence-corrected chi connectivity index (χ1v) is 12.6. The van der Waals surface area contributed by atoms with E-state index in [1.807, 2.05) is 58.6 Å². The Morgan fingerprint density at radius 2 is 1.92 bits per heavy atom. The summed E-state index contributed by atoms with van der Waals surface area (Å²) in [6.07, 6.45) is 7.69. The lowest BCUT2D eigenvalue weighted by molar-refractivity contribution is -0.139. The van der Waals surface area contributed by atoms with Gasteiger partial charge in [0.1, 0.15) is 6.04 Å². The Labute approximate surface area is 218 Å². The number of benzene rings is 2. The maximum absolute atomic E-state index is 13.2. The van der Waals surface area contributed by atoms with Gasteiger partial charge < -0.3 is 20.7 Å². The van der Waals surface area contributed by atoms with Gasteiger partial charge in [0.05, 0.1) is 11.3 Å². The summed E-state index contributed by atoms with van der Waals surface area (Å²) in [4.78, 5) is 44.7. The Hall–Kier alpha value is -4.31. The summed E-state index contributed by atoms with van der Waals surface area (Å²) in [5, 5.41) is 15.0. The Bertz CT molecular complexity index is 1340. The van der Waals surface area contributed by atoms with Gasteiger partial charge in [0.2, 0.25) is 5.91 Å². The third-order valence-electron chi connectivity index (χ3n) is 5.97. The van der Waals surface area contributed by atoms with Crippen molar-refractivity contribution in [2.24, 2.45) is 5.73 Å². The molecule has 0 aliphatic carbocycles. The molecule has 0 spiro atoms. The molecule has 37 heavy (non-hydrogen) atoms. The number of imidazole rings is 1. The van der Waals surface area contributed by atoms with Gasteiger partial charge in [-0.2, -0.15) is 0 Å². The minimum Gasteiger partial charge on any atom is -0.480 e. The van der Waals surface area contributed by atoms with Gasteiger partial charge in [-0.15, -0.1) is 11.3 Å². The second-order valence-electron chi connectivity index (χ2n) is 8.65. The summed E-state index contributed by atoms with van der Waals surface area (Å²) < 4.78 is 2.02. The number of rotatable bonds is 12. The van der Waals surface area contributed by atoms with Crippen LogP contribution in [-0.4, -0.2) is 43.5 Å². The van der Waals surface area contributed by atoms with Crippen molar-refractivity contribution < 1.29 is 19.5 Å². The Balaban J connectivity index is 1.64. The number of hydrogen-bond acceptors (Lipinski definition) is 6. The van der Waals surface area contributed by atoms with E-state index in [9.17, 15) is 19.5 Å². The van der Waals surface area contributed by atoms with Crippen LogP contribution in [0.15, 0.2) is 78.8 Å². The van der Waals surface area contributed by atoms with Gasteiger partial charge in [-0.05, 0) is 35.6 Å². The number of nitrogens with zero attached hydrogens (tertiary/aromatic N) is 3. The van der Waals surface area contributed by atoms with Gasteiger partial charge in [-0.3, -0.25) is 9.59 Å². The summed E-state index contributed by atoms with van der Waals surface area (Å²) in [7, 11) is 0. The number of aliphatic carboxylic acids is 1. The molecule has 2 unspecified atom stereocenters. The smallest absolute Gasteiger partial charge is 0.326 e. The highest BCUT2D eigenvalue weighted by Gasteiger charge is 2.24. The van der Waals surface area contributed by atoms with Crippen molar-refractivity contribution >= 4 is 29.1 Å². The minimum absolute atomic E-state index is 0.0844. The zero-order valence-corrected chi connectivity index (χ0v) is 20.8. The molecular formula is C27H27N5O4S. The van der Waals surface area contributed by atoms with E-state index in [1.165, 1.54) is 0 Å². The van der Waals surface area contributed by atoms with E-state index in [2.05, 4.69) is 15.3 Å². The van der Waals surface area contributed by atoms with Gasteiger partial charge in [0.15, 0.2) is 0 Å². The third-order valence-corrected chi connectivity index (χ3v) is 6.91. The summed E-state index contributed by atoms with van der Waals surface area (Å²) in [6, 6.07) is 13.8. The van der Waals surface area contributed by atoms with Crippen molar-refractivity contribution in [2.75, 3.05) is 0 Å². The molecule has 2 amide bonds. The maximum Gasteiger partial charge on any atom is 0.326 e. The van der Waals surface area contributed by atoms with E-state index in [-0.39, 0.29) is 18.8 Å². The molecule has 4 N–H and O–H groups in total. The number of nitrogens with two attached hydrogens (primary N) is 1. The van der Waals surface area contributed by atoms with Crippen LogP contribution in [-0.2, 0) is 22.6 Å².